The third-order valence-corrected chi connectivity index (χ3v) is 11.8. The molecular weight excluding hydrogens is 806 g/mol. The van der Waals surface area contributed by atoms with E-state index in [1.54, 1.807) is 0 Å². The molecule has 4 N–H and O–H groups in total. The van der Waals surface area contributed by atoms with Gasteiger partial charge >= 0.3 is 25.7 Å². The summed E-state index contributed by atoms with van der Waals surface area (Å²) in [5.41, 5.74) is 5.34. The number of phosphoric ester groups is 1. The van der Waals surface area contributed by atoms with Gasteiger partial charge in [0.2, 0.25) is 0 Å². The normalized spacial score (nSPS) is 13.9. The summed E-state index contributed by atoms with van der Waals surface area (Å²) in [6.45, 7) is 2.77. The van der Waals surface area contributed by atoms with Gasteiger partial charge in [-0.05, 0) is 64.2 Å². The van der Waals surface area contributed by atoms with Gasteiger partial charge in [0.05, 0.1) is 13.2 Å². The Morgan fingerprint density at radius 1 is 0.500 bits per heavy atom. The van der Waals surface area contributed by atoms with Crippen molar-refractivity contribution in [2.45, 2.75) is 244 Å². The second-order valence-corrected chi connectivity index (χ2v) is 18.4. The summed E-state index contributed by atoms with van der Waals surface area (Å²) in [7, 11) is -4.73. The molecule has 0 bridgehead atoms. The van der Waals surface area contributed by atoms with Crippen molar-refractivity contribution in [1.82, 2.24) is 0 Å². The Bertz CT molecular complexity index is 1190. The van der Waals surface area contributed by atoms with Gasteiger partial charge in [-0.25, -0.2) is 4.57 Å². The first-order valence-corrected chi connectivity index (χ1v) is 26.5. The lowest BCUT2D eigenvalue weighted by atomic mass is 10.0. The lowest BCUT2D eigenvalue weighted by molar-refractivity contribution is -0.161. The van der Waals surface area contributed by atoms with Crippen LogP contribution in [0.15, 0.2) is 36.5 Å². The molecule has 0 aromatic rings. The molecule has 0 aliphatic carbocycles. The van der Waals surface area contributed by atoms with Gasteiger partial charge in [-0.15, -0.1) is 0 Å². The number of carboxylic acid groups (broad SMARTS) is 1. The van der Waals surface area contributed by atoms with Crippen LogP contribution in [0.3, 0.4) is 0 Å². The van der Waals surface area contributed by atoms with E-state index in [0.29, 0.717) is 19.3 Å². The van der Waals surface area contributed by atoms with Gasteiger partial charge in [-0.1, -0.05) is 192 Å². The summed E-state index contributed by atoms with van der Waals surface area (Å²) >= 11 is 0. The summed E-state index contributed by atoms with van der Waals surface area (Å²) in [6, 6.07) is -1.53. The Kier molecular flexibility index (Phi) is 43.6. The molecule has 362 valence electrons. The molecule has 0 fully saturated rings. The van der Waals surface area contributed by atoms with Gasteiger partial charge in [0, 0.05) is 12.8 Å². The number of carboxylic acids is 1. The molecule has 0 aromatic carbocycles. The lowest BCUT2D eigenvalue weighted by Crippen LogP contribution is -2.34. The Labute approximate surface area is 378 Å². The van der Waals surface area contributed by atoms with Crippen molar-refractivity contribution in [3.05, 3.63) is 36.5 Å². The van der Waals surface area contributed by atoms with Crippen molar-refractivity contribution in [2.75, 3.05) is 19.8 Å². The van der Waals surface area contributed by atoms with E-state index < -0.39 is 51.1 Å². The van der Waals surface area contributed by atoms with Crippen molar-refractivity contribution in [3.63, 3.8) is 0 Å². The fraction of sp³-hybridized carbons (Fsp3) is 0.820. The zero-order valence-electron chi connectivity index (χ0n) is 39.5. The Morgan fingerprint density at radius 2 is 0.871 bits per heavy atom. The third-order valence-electron chi connectivity index (χ3n) is 10.9. The van der Waals surface area contributed by atoms with Gasteiger partial charge in [0.25, 0.3) is 0 Å². The predicted molar refractivity (Wildman–Crippen MR) is 254 cm³/mol. The number of unbranched alkanes of at least 4 members (excludes halogenated alkanes) is 27. The number of carbonyl (C=O) groups is 3. The second kappa shape index (κ2) is 45.3. The molecule has 11 nitrogen and oxygen atoms in total. The minimum Gasteiger partial charge on any atom is -0.480 e. The number of phosphoric acid groups is 1. The van der Waals surface area contributed by atoms with Gasteiger partial charge in [0.1, 0.15) is 12.6 Å². The van der Waals surface area contributed by atoms with Crippen LogP contribution < -0.4 is 5.73 Å². The van der Waals surface area contributed by atoms with Gasteiger partial charge in [0.15, 0.2) is 6.10 Å². The average Bonchev–Trinajstić information content (AvgIpc) is 3.25. The van der Waals surface area contributed by atoms with E-state index in [1.165, 1.54) is 148 Å². The Morgan fingerprint density at radius 3 is 1.32 bits per heavy atom. The number of carbonyl (C=O) groups excluding carboxylic acids is 2. The minimum atomic E-state index is -4.73. The highest BCUT2D eigenvalue weighted by molar-refractivity contribution is 7.47. The number of aliphatic carboxylic acids is 1. The van der Waals surface area contributed by atoms with Crippen LogP contribution in [-0.2, 0) is 37.5 Å². The molecule has 0 heterocycles. The van der Waals surface area contributed by atoms with Crippen LogP contribution in [0.5, 0.6) is 0 Å². The quantitative estimate of drug-likeness (QED) is 0.0230. The fourth-order valence-corrected chi connectivity index (χ4v) is 7.70. The van der Waals surface area contributed by atoms with Crippen molar-refractivity contribution in [3.8, 4) is 0 Å². The van der Waals surface area contributed by atoms with Crippen LogP contribution in [0.4, 0.5) is 0 Å². The maximum Gasteiger partial charge on any atom is 0.472 e. The van der Waals surface area contributed by atoms with Crippen LogP contribution in [-0.4, -0.2) is 59.9 Å². The standard InChI is InChI=1S/C50H92NO10P/c1-3-5-7-9-11-13-15-17-19-20-21-22-23-24-25-26-28-30-32-34-36-38-40-42-49(53)61-46(44-59-62(56,57)60-45-47(51)50(54)55)43-58-48(52)41-39-37-35-33-31-29-27-18-16-14-12-10-8-6-4-2/h18,27,31,33-34,36,46-47H,3-17,19-26,28-30,32,35,37-45,51H2,1-2H3,(H,54,55)(H,56,57)/b27-18+,33-31+,36-34+/t46-,47-/m0/s1. The molecule has 0 radical (unpaired) electrons. The molecule has 0 saturated carbocycles. The number of hydrogen-bond donors (Lipinski definition) is 3. The number of allylic oxidation sites excluding steroid dienone is 6. The number of ether oxygens (including phenoxy) is 2. The highest BCUT2D eigenvalue weighted by Crippen LogP contribution is 2.43. The largest absolute Gasteiger partial charge is 0.480 e. The molecule has 0 aromatic heterocycles. The molecule has 0 aliphatic rings. The first kappa shape index (κ1) is 59.7. The first-order valence-electron chi connectivity index (χ1n) is 25.0. The zero-order valence-corrected chi connectivity index (χ0v) is 40.4. The van der Waals surface area contributed by atoms with Crippen molar-refractivity contribution < 1.29 is 47.5 Å². The fourth-order valence-electron chi connectivity index (χ4n) is 6.92. The molecule has 0 spiro atoms. The molecule has 1 unspecified atom stereocenters. The third kappa shape index (κ3) is 44.3. The predicted octanol–water partition coefficient (Wildman–Crippen LogP) is 14.0. The van der Waals surface area contributed by atoms with Crippen LogP contribution in [0.1, 0.15) is 232 Å². The summed E-state index contributed by atoms with van der Waals surface area (Å²) in [4.78, 5) is 46.1. The minimum absolute atomic E-state index is 0.108. The average molecular weight is 898 g/mol. The Hall–Kier alpha value is -2.30. The summed E-state index contributed by atoms with van der Waals surface area (Å²) in [6.07, 6.45) is 50.9. The summed E-state index contributed by atoms with van der Waals surface area (Å²) in [5, 5.41) is 8.91. The zero-order chi connectivity index (χ0) is 45.6. The number of esters is 2. The van der Waals surface area contributed by atoms with Gasteiger partial charge < -0.3 is 25.2 Å². The Balaban J connectivity index is 4.29. The molecule has 0 amide bonds. The van der Waals surface area contributed by atoms with E-state index in [9.17, 15) is 23.8 Å². The number of hydrogen-bond acceptors (Lipinski definition) is 9. The van der Waals surface area contributed by atoms with E-state index in [2.05, 4.69) is 54.8 Å². The van der Waals surface area contributed by atoms with Gasteiger partial charge in [-0.2, -0.15) is 0 Å². The molecule has 0 aliphatic heterocycles. The highest BCUT2D eigenvalue weighted by atomic mass is 31.2. The molecule has 0 saturated heterocycles. The lowest BCUT2D eigenvalue weighted by Gasteiger charge is -2.20. The van der Waals surface area contributed by atoms with Crippen molar-refractivity contribution >= 4 is 25.7 Å². The van der Waals surface area contributed by atoms with E-state index in [1.807, 2.05) is 0 Å². The summed E-state index contributed by atoms with van der Waals surface area (Å²) in [5.74, 6) is -2.45. The number of rotatable bonds is 47. The monoisotopic (exact) mass is 898 g/mol. The highest BCUT2D eigenvalue weighted by Gasteiger charge is 2.28. The van der Waals surface area contributed by atoms with Crippen molar-refractivity contribution in [1.29, 1.82) is 0 Å². The van der Waals surface area contributed by atoms with E-state index >= 15 is 0 Å². The van der Waals surface area contributed by atoms with Gasteiger partial charge in [-0.3, -0.25) is 23.4 Å². The number of nitrogens with two attached hydrogens (primary N) is 1. The SMILES string of the molecule is CCCCCCCC/C=C/C/C=C/CCCCC(=O)OC[C@@H](COP(=O)(O)OC[C@H](N)C(=O)O)OC(=O)CCC/C=C/CCCCCCCCCCCCCCCCCCCC. The smallest absolute Gasteiger partial charge is 0.472 e. The second-order valence-electron chi connectivity index (χ2n) is 16.9. The topological polar surface area (TPSA) is 172 Å². The molecule has 62 heavy (non-hydrogen) atoms. The summed E-state index contributed by atoms with van der Waals surface area (Å²) < 4.78 is 32.7. The maximum atomic E-state index is 12.7. The van der Waals surface area contributed by atoms with E-state index in [0.717, 1.165) is 38.5 Å². The molecule has 0 rings (SSSR count). The van der Waals surface area contributed by atoms with Crippen molar-refractivity contribution in [2.24, 2.45) is 5.73 Å². The molecular formula is C50H92NO10P. The van der Waals surface area contributed by atoms with Crippen LogP contribution in [0, 0.1) is 0 Å². The molecule has 12 heteroatoms. The maximum absolute atomic E-state index is 12.7. The van der Waals surface area contributed by atoms with Crippen LogP contribution >= 0.6 is 7.82 Å². The van der Waals surface area contributed by atoms with Crippen LogP contribution in [0.2, 0.25) is 0 Å². The van der Waals surface area contributed by atoms with E-state index in [4.69, 9.17) is 24.8 Å². The van der Waals surface area contributed by atoms with Crippen LogP contribution in [0.25, 0.3) is 0 Å². The first-order chi connectivity index (χ1) is 30.1. The molecule has 3 atom stereocenters. The van der Waals surface area contributed by atoms with E-state index in [-0.39, 0.29) is 19.4 Å².